The molecule has 3 nitrogen and oxygen atoms in total. The summed E-state index contributed by atoms with van der Waals surface area (Å²) in [6, 6.07) is 0. The molecule has 0 spiro atoms. The fourth-order valence-electron chi connectivity index (χ4n) is 1.21. The van der Waals surface area contributed by atoms with Crippen molar-refractivity contribution in [3.8, 4) is 0 Å². The monoisotopic (exact) mass is 147 g/mol. The fraction of sp³-hybridized carbons (Fsp3) is 0.250. The van der Waals surface area contributed by atoms with Crippen LogP contribution in [-0.4, -0.2) is 15.0 Å². The van der Waals surface area contributed by atoms with Crippen LogP contribution >= 0.6 is 0 Å². The van der Waals surface area contributed by atoms with E-state index < -0.39 is 0 Å². The van der Waals surface area contributed by atoms with Crippen LogP contribution < -0.4 is 0 Å². The second kappa shape index (κ2) is 2.34. The maximum Gasteiger partial charge on any atom is 0.116 e. The van der Waals surface area contributed by atoms with Crippen LogP contribution in [-0.2, 0) is 6.42 Å². The summed E-state index contributed by atoms with van der Waals surface area (Å²) >= 11 is 0. The first kappa shape index (κ1) is 6.34. The van der Waals surface area contributed by atoms with Crippen molar-refractivity contribution in [2.45, 2.75) is 13.3 Å². The predicted octanol–water partition coefficient (Wildman–Crippen LogP) is 1.52. The fourth-order valence-corrected chi connectivity index (χ4v) is 1.21. The molecular formula is C8H9N3. The lowest BCUT2D eigenvalue weighted by molar-refractivity contribution is 1.03. The van der Waals surface area contributed by atoms with Crippen LogP contribution in [0.4, 0.5) is 0 Å². The summed E-state index contributed by atoms with van der Waals surface area (Å²) in [4.78, 5) is 11.3. The molecule has 0 amide bonds. The van der Waals surface area contributed by atoms with Gasteiger partial charge in [-0.2, -0.15) is 0 Å². The van der Waals surface area contributed by atoms with E-state index in [-0.39, 0.29) is 0 Å². The molecule has 1 N–H and O–H groups in total. The molecule has 0 fully saturated rings. The van der Waals surface area contributed by atoms with Gasteiger partial charge in [0.05, 0.1) is 11.2 Å². The van der Waals surface area contributed by atoms with Crippen LogP contribution in [0, 0.1) is 0 Å². The number of aromatic amines is 1. The Bertz CT molecular complexity index is 364. The van der Waals surface area contributed by atoms with Crippen LogP contribution in [0.2, 0.25) is 0 Å². The number of hydrogen-bond acceptors (Lipinski definition) is 2. The van der Waals surface area contributed by atoms with Crippen LogP contribution in [0.1, 0.15) is 12.6 Å². The highest BCUT2D eigenvalue weighted by Gasteiger charge is 1.99. The molecule has 0 aliphatic heterocycles. The largest absolute Gasteiger partial charge is 0.365 e. The van der Waals surface area contributed by atoms with Crippen molar-refractivity contribution < 1.29 is 0 Å². The smallest absolute Gasteiger partial charge is 0.116 e. The van der Waals surface area contributed by atoms with E-state index >= 15 is 0 Å². The normalized spacial score (nSPS) is 10.6. The molecule has 0 radical (unpaired) electrons. The van der Waals surface area contributed by atoms with E-state index in [0.717, 1.165) is 23.0 Å². The number of aryl methyl sites for hydroxylation is 1. The van der Waals surface area contributed by atoms with Crippen LogP contribution in [0.25, 0.3) is 10.9 Å². The Morgan fingerprint density at radius 2 is 2.27 bits per heavy atom. The van der Waals surface area contributed by atoms with E-state index in [1.54, 1.807) is 6.33 Å². The van der Waals surface area contributed by atoms with Crippen LogP contribution in [0.15, 0.2) is 18.7 Å². The quantitative estimate of drug-likeness (QED) is 0.664. The molecule has 0 saturated heterocycles. The number of aromatic nitrogens is 3. The predicted molar refractivity (Wildman–Crippen MR) is 43.3 cm³/mol. The van der Waals surface area contributed by atoms with E-state index in [1.807, 2.05) is 12.4 Å². The van der Waals surface area contributed by atoms with Gasteiger partial charge in [-0.25, -0.2) is 9.97 Å². The van der Waals surface area contributed by atoms with Crippen molar-refractivity contribution in [1.29, 1.82) is 0 Å². The first-order valence-corrected chi connectivity index (χ1v) is 3.68. The van der Waals surface area contributed by atoms with Gasteiger partial charge in [0.1, 0.15) is 6.33 Å². The molecule has 2 rings (SSSR count). The molecule has 0 aliphatic carbocycles. The van der Waals surface area contributed by atoms with Gasteiger partial charge in [-0.1, -0.05) is 6.92 Å². The van der Waals surface area contributed by atoms with Crippen molar-refractivity contribution in [3.05, 3.63) is 24.4 Å². The second-order valence-corrected chi connectivity index (χ2v) is 2.43. The molecule has 3 heteroatoms. The van der Waals surface area contributed by atoms with Crippen molar-refractivity contribution in [2.75, 3.05) is 0 Å². The zero-order valence-electron chi connectivity index (χ0n) is 6.33. The van der Waals surface area contributed by atoms with E-state index in [9.17, 15) is 0 Å². The molecule has 0 unspecified atom stereocenters. The van der Waals surface area contributed by atoms with E-state index in [4.69, 9.17) is 0 Å². The number of H-pyrrole nitrogens is 1. The maximum absolute atomic E-state index is 4.17. The molecule has 2 aromatic heterocycles. The summed E-state index contributed by atoms with van der Waals surface area (Å²) in [7, 11) is 0. The summed E-state index contributed by atoms with van der Waals surface area (Å²) < 4.78 is 0. The topological polar surface area (TPSA) is 41.6 Å². The molecule has 56 valence electrons. The summed E-state index contributed by atoms with van der Waals surface area (Å²) in [6.07, 6.45) is 6.39. The van der Waals surface area contributed by atoms with Gasteiger partial charge in [-0.15, -0.1) is 0 Å². The molecule has 0 bridgehead atoms. The van der Waals surface area contributed by atoms with Gasteiger partial charge in [-0.3, -0.25) is 0 Å². The average Bonchev–Trinajstić information content (AvgIpc) is 2.50. The van der Waals surface area contributed by atoms with Crippen molar-refractivity contribution in [2.24, 2.45) is 0 Å². The van der Waals surface area contributed by atoms with Gasteiger partial charge in [0.2, 0.25) is 0 Å². The zero-order valence-corrected chi connectivity index (χ0v) is 6.33. The van der Waals surface area contributed by atoms with Gasteiger partial charge < -0.3 is 4.98 Å². The molecule has 0 aromatic carbocycles. The Labute approximate surface area is 64.5 Å². The van der Waals surface area contributed by atoms with Crippen LogP contribution in [0.5, 0.6) is 0 Å². The van der Waals surface area contributed by atoms with Gasteiger partial charge in [0.25, 0.3) is 0 Å². The third-order valence-electron chi connectivity index (χ3n) is 1.78. The molecular weight excluding hydrogens is 138 g/mol. The highest BCUT2D eigenvalue weighted by atomic mass is 14.9. The van der Waals surface area contributed by atoms with Gasteiger partial charge >= 0.3 is 0 Å². The van der Waals surface area contributed by atoms with Gasteiger partial charge in [0, 0.05) is 17.8 Å². The van der Waals surface area contributed by atoms with Gasteiger partial charge in [-0.05, 0) is 6.42 Å². The molecule has 2 aromatic rings. The summed E-state index contributed by atoms with van der Waals surface area (Å²) in [5, 5.41) is 1.13. The number of fused-ring (bicyclic) bond motifs is 1. The molecule has 0 atom stereocenters. The SMILES string of the molecule is CCc1ncnc2c[nH]cc12. The minimum atomic E-state index is 0.955. The number of nitrogens with one attached hydrogen (secondary N) is 1. The highest BCUT2D eigenvalue weighted by Crippen LogP contribution is 2.12. The summed E-state index contributed by atoms with van der Waals surface area (Å²) in [5.41, 5.74) is 2.10. The minimum absolute atomic E-state index is 0.955. The third kappa shape index (κ3) is 0.888. The lowest BCUT2D eigenvalue weighted by Gasteiger charge is -1.94. The van der Waals surface area contributed by atoms with Crippen molar-refractivity contribution in [1.82, 2.24) is 15.0 Å². The van der Waals surface area contributed by atoms with E-state index in [1.165, 1.54) is 0 Å². The first-order valence-electron chi connectivity index (χ1n) is 3.68. The Morgan fingerprint density at radius 3 is 3.09 bits per heavy atom. The Morgan fingerprint density at radius 1 is 1.36 bits per heavy atom. The first-order chi connectivity index (χ1) is 5.42. The van der Waals surface area contributed by atoms with Crippen molar-refractivity contribution in [3.63, 3.8) is 0 Å². The second-order valence-electron chi connectivity index (χ2n) is 2.43. The molecule has 0 aliphatic rings. The van der Waals surface area contributed by atoms with Gasteiger partial charge in [0.15, 0.2) is 0 Å². The lowest BCUT2D eigenvalue weighted by Crippen LogP contribution is -1.87. The Kier molecular flexibility index (Phi) is 1.35. The molecule has 0 saturated carbocycles. The van der Waals surface area contributed by atoms with E-state index in [0.29, 0.717) is 0 Å². The minimum Gasteiger partial charge on any atom is -0.365 e. The van der Waals surface area contributed by atoms with Crippen molar-refractivity contribution >= 4 is 10.9 Å². The molecule has 11 heavy (non-hydrogen) atoms. The summed E-state index contributed by atoms with van der Waals surface area (Å²) in [6.45, 7) is 2.09. The van der Waals surface area contributed by atoms with E-state index in [2.05, 4.69) is 21.9 Å². The lowest BCUT2D eigenvalue weighted by atomic mass is 10.2. The number of hydrogen-bond donors (Lipinski definition) is 1. The standard InChI is InChI=1S/C8H9N3/c1-2-7-6-3-9-4-8(6)11-5-10-7/h3-5,9H,2H2,1H3. The highest BCUT2D eigenvalue weighted by molar-refractivity contribution is 5.79. The third-order valence-corrected chi connectivity index (χ3v) is 1.78. The number of nitrogens with zero attached hydrogens (tertiary/aromatic N) is 2. The molecule has 2 heterocycles. The summed E-state index contributed by atoms with van der Waals surface area (Å²) in [5.74, 6) is 0. The zero-order chi connectivity index (χ0) is 7.68. The Balaban J connectivity index is 2.79. The number of rotatable bonds is 1. The average molecular weight is 147 g/mol. The van der Waals surface area contributed by atoms with Crippen LogP contribution in [0.3, 0.4) is 0 Å². The maximum atomic E-state index is 4.17. The Hall–Kier alpha value is -1.38.